The Hall–Kier alpha value is -3.68. The minimum absolute atomic E-state index is 0.0862. The van der Waals surface area contributed by atoms with E-state index >= 15 is 0 Å². The topological polar surface area (TPSA) is 48.0 Å². The Labute approximate surface area is 181 Å². The Balaban J connectivity index is 1.54. The Kier molecular flexibility index (Phi) is 4.73. The monoisotopic (exact) mass is 441 g/mol. The largest absolute Gasteiger partial charge is 0.478 e. The molecule has 2 aliphatic heterocycles. The second-order valence-electron chi connectivity index (χ2n) is 7.62. The van der Waals surface area contributed by atoms with Crippen molar-refractivity contribution in [3.8, 4) is 17.2 Å². The van der Waals surface area contributed by atoms with Crippen molar-refractivity contribution in [2.75, 3.05) is 11.7 Å². The summed E-state index contributed by atoms with van der Waals surface area (Å²) in [5.41, 5.74) is 0.847. The molecular weight excluding hydrogens is 423 g/mol. The number of rotatable bonds is 4. The Morgan fingerprint density at radius 3 is 2.53 bits per heavy atom. The lowest BCUT2D eigenvalue weighted by molar-refractivity contribution is -0.138. The molecule has 0 saturated carbocycles. The predicted molar refractivity (Wildman–Crippen MR) is 110 cm³/mol. The molecule has 0 spiro atoms. The van der Waals surface area contributed by atoms with Crippen LogP contribution >= 0.6 is 0 Å². The van der Waals surface area contributed by atoms with E-state index in [1.54, 1.807) is 30.3 Å². The van der Waals surface area contributed by atoms with Gasteiger partial charge in [0.05, 0.1) is 5.56 Å². The number of carbonyl (C=O) groups is 1. The molecule has 3 aromatic carbocycles. The lowest BCUT2D eigenvalue weighted by Gasteiger charge is -2.47. The number of β-lactam (4-membered cyclic amide) rings is 1. The van der Waals surface area contributed by atoms with Crippen molar-refractivity contribution in [1.29, 1.82) is 0 Å². The lowest BCUT2D eigenvalue weighted by Crippen LogP contribution is -2.61. The molecule has 5 nitrogen and oxygen atoms in total. The molecule has 3 aromatic rings. The highest BCUT2D eigenvalue weighted by Gasteiger charge is 2.51. The number of carbonyl (C=O) groups excluding carboxylic acids is 1. The van der Waals surface area contributed by atoms with Crippen LogP contribution in [0.4, 0.5) is 18.9 Å². The highest BCUT2D eigenvalue weighted by molar-refractivity contribution is 6.05. The molecule has 2 heterocycles. The molecule has 0 aliphatic carbocycles. The van der Waals surface area contributed by atoms with Crippen molar-refractivity contribution < 1.29 is 32.2 Å². The molecule has 1 amide bonds. The van der Waals surface area contributed by atoms with Crippen LogP contribution in [0.2, 0.25) is 0 Å². The third-order valence-corrected chi connectivity index (χ3v) is 5.58. The summed E-state index contributed by atoms with van der Waals surface area (Å²) in [7, 11) is 0. The van der Waals surface area contributed by atoms with Gasteiger partial charge in [-0.3, -0.25) is 9.69 Å². The number of benzene rings is 3. The molecule has 0 bridgehead atoms. The lowest BCUT2D eigenvalue weighted by atomic mass is 9.89. The Bertz CT molecular complexity index is 1190. The van der Waals surface area contributed by atoms with Crippen LogP contribution in [0.1, 0.15) is 22.7 Å². The normalized spacial score (nSPS) is 19.6. The third-order valence-electron chi connectivity index (χ3n) is 5.58. The van der Waals surface area contributed by atoms with Crippen LogP contribution in [0.3, 0.4) is 0 Å². The number of hydrogen-bond donors (Lipinski definition) is 0. The summed E-state index contributed by atoms with van der Waals surface area (Å²) in [5.74, 6) is 1.21. The van der Waals surface area contributed by atoms with Crippen LogP contribution in [0.5, 0.6) is 17.2 Å². The maximum absolute atomic E-state index is 13.3. The predicted octanol–water partition coefficient (Wildman–Crippen LogP) is 5.28. The zero-order valence-electron chi connectivity index (χ0n) is 16.9. The summed E-state index contributed by atoms with van der Waals surface area (Å²) < 4.78 is 56.7. The maximum atomic E-state index is 13.3. The molecule has 8 heteroatoms. The van der Waals surface area contributed by atoms with E-state index in [4.69, 9.17) is 14.2 Å². The van der Waals surface area contributed by atoms with Crippen molar-refractivity contribution in [2.45, 2.75) is 25.2 Å². The highest BCUT2D eigenvalue weighted by Crippen LogP contribution is 2.45. The zero-order valence-corrected chi connectivity index (χ0v) is 16.9. The van der Waals surface area contributed by atoms with Crippen LogP contribution in [-0.4, -0.2) is 18.8 Å². The van der Waals surface area contributed by atoms with Crippen molar-refractivity contribution >= 4 is 11.6 Å². The molecule has 5 rings (SSSR count). The quantitative estimate of drug-likeness (QED) is 0.517. The second-order valence-corrected chi connectivity index (χ2v) is 7.62. The molecule has 0 radical (unpaired) electrons. The van der Waals surface area contributed by atoms with Gasteiger partial charge in [0.25, 0.3) is 5.91 Å². The van der Waals surface area contributed by atoms with E-state index in [2.05, 4.69) is 0 Å². The molecule has 0 unspecified atom stereocenters. The molecule has 32 heavy (non-hydrogen) atoms. The molecule has 164 valence electrons. The zero-order chi connectivity index (χ0) is 22.5. The van der Waals surface area contributed by atoms with Crippen LogP contribution in [0, 0.1) is 6.92 Å². The standard InChI is InChI=1S/C24H18F3NO4/c1-14-5-2-3-8-18(14)32-22-21(15-9-10-19-20(11-15)31-13-30-19)28(23(22)29)17-7-4-6-16(12-17)24(25,26)27/h2-12,21-22H,13H2,1H3/t21-,22+/m0/s1. The van der Waals surface area contributed by atoms with Crippen molar-refractivity contribution in [2.24, 2.45) is 0 Å². The first-order valence-corrected chi connectivity index (χ1v) is 9.95. The first kappa shape index (κ1) is 20.2. The molecule has 1 fully saturated rings. The van der Waals surface area contributed by atoms with Gasteiger partial charge in [0.2, 0.25) is 12.9 Å². The van der Waals surface area contributed by atoms with Gasteiger partial charge in [-0.15, -0.1) is 0 Å². The van der Waals surface area contributed by atoms with Gasteiger partial charge >= 0.3 is 6.18 Å². The number of hydrogen-bond acceptors (Lipinski definition) is 4. The number of amides is 1. The minimum Gasteiger partial charge on any atom is -0.478 e. The van der Waals surface area contributed by atoms with E-state index in [1.165, 1.54) is 17.0 Å². The van der Waals surface area contributed by atoms with Gasteiger partial charge in [-0.1, -0.05) is 30.3 Å². The van der Waals surface area contributed by atoms with E-state index in [1.807, 2.05) is 19.1 Å². The van der Waals surface area contributed by atoms with Crippen LogP contribution < -0.4 is 19.1 Å². The fourth-order valence-corrected chi connectivity index (χ4v) is 3.94. The molecule has 0 aromatic heterocycles. The van der Waals surface area contributed by atoms with Crippen LogP contribution in [0.15, 0.2) is 66.7 Å². The summed E-state index contributed by atoms with van der Waals surface area (Å²) in [4.78, 5) is 14.4. The molecule has 2 aliphatic rings. The van der Waals surface area contributed by atoms with Gasteiger partial charge in [-0.25, -0.2) is 0 Å². The molecular formula is C24H18F3NO4. The van der Waals surface area contributed by atoms with Gasteiger partial charge in [0, 0.05) is 5.69 Å². The number of halogens is 3. The van der Waals surface area contributed by atoms with Crippen LogP contribution in [-0.2, 0) is 11.0 Å². The molecule has 2 atom stereocenters. The van der Waals surface area contributed by atoms with Crippen LogP contribution in [0.25, 0.3) is 0 Å². The smallest absolute Gasteiger partial charge is 0.416 e. The number of alkyl halides is 3. The van der Waals surface area contributed by atoms with Crippen molar-refractivity contribution in [1.82, 2.24) is 0 Å². The number of anilines is 1. The van der Waals surface area contributed by atoms with Crippen molar-refractivity contribution in [3.63, 3.8) is 0 Å². The summed E-state index contributed by atoms with van der Waals surface area (Å²) in [6, 6.07) is 16.6. The minimum atomic E-state index is -4.52. The summed E-state index contributed by atoms with van der Waals surface area (Å²) >= 11 is 0. The van der Waals surface area contributed by atoms with E-state index in [0.717, 1.165) is 17.7 Å². The Morgan fingerprint density at radius 2 is 1.75 bits per heavy atom. The van der Waals surface area contributed by atoms with Gasteiger partial charge in [0.1, 0.15) is 11.8 Å². The number of fused-ring (bicyclic) bond motifs is 1. The second kappa shape index (κ2) is 7.47. The maximum Gasteiger partial charge on any atom is 0.416 e. The van der Waals surface area contributed by atoms with Gasteiger partial charge in [-0.05, 0) is 54.4 Å². The average Bonchev–Trinajstić information content (AvgIpc) is 3.24. The van der Waals surface area contributed by atoms with E-state index in [9.17, 15) is 18.0 Å². The number of nitrogens with zero attached hydrogens (tertiary/aromatic N) is 1. The number of aryl methyl sites for hydroxylation is 1. The molecule has 1 saturated heterocycles. The third kappa shape index (κ3) is 3.41. The SMILES string of the molecule is Cc1ccccc1O[C@H]1C(=O)N(c2cccc(C(F)(F)F)c2)[C@H]1c1ccc2c(c1)OCO2. The van der Waals surface area contributed by atoms with E-state index in [0.29, 0.717) is 22.8 Å². The Morgan fingerprint density at radius 1 is 0.969 bits per heavy atom. The highest BCUT2D eigenvalue weighted by atomic mass is 19.4. The van der Waals surface area contributed by atoms with Crippen molar-refractivity contribution in [3.05, 3.63) is 83.4 Å². The van der Waals surface area contributed by atoms with E-state index < -0.39 is 29.8 Å². The fraction of sp³-hybridized carbons (Fsp3) is 0.208. The fourth-order valence-electron chi connectivity index (χ4n) is 3.94. The first-order chi connectivity index (χ1) is 15.3. The number of para-hydroxylation sites is 1. The first-order valence-electron chi connectivity index (χ1n) is 9.95. The summed E-state index contributed by atoms with van der Waals surface area (Å²) in [6.45, 7) is 1.95. The average molecular weight is 441 g/mol. The summed E-state index contributed by atoms with van der Waals surface area (Å²) in [5, 5.41) is 0. The summed E-state index contributed by atoms with van der Waals surface area (Å²) in [6.07, 6.45) is -5.42. The number of ether oxygens (including phenoxy) is 3. The van der Waals surface area contributed by atoms with Gasteiger partial charge in [-0.2, -0.15) is 13.2 Å². The van der Waals surface area contributed by atoms with Gasteiger partial charge < -0.3 is 14.2 Å². The van der Waals surface area contributed by atoms with E-state index in [-0.39, 0.29) is 12.5 Å². The van der Waals surface area contributed by atoms with Gasteiger partial charge in [0.15, 0.2) is 11.5 Å². The molecule has 0 N–H and O–H groups in total.